The van der Waals surface area contributed by atoms with Crippen molar-refractivity contribution in [2.45, 2.75) is 62.6 Å². The molecule has 0 aromatic heterocycles. The van der Waals surface area contributed by atoms with Crippen LogP contribution in [-0.4, -0.2) is 79.3 Å². The zero-order valence-corrected chi connectivity index (χ0v) is 29.2. The Morgan fingerprint density at radius 3 is 2.08 bits per heavy atom. The number of methoxy groups -OCH3 is 5. The zero-order valence-electron chi connectivity index (χ0n) is 28.4. The fourth-order valence-electron chi connectivity index (χ4n) is 5.73. The van der Waals surface area contributed by atoms with Gasteiger partial charge in [0.1, 0.15) is 29.8 Å². The number of anilines is 1. The second kappa shape index (κ2) is 16.4. The molecular formula is C35H45N3O9S. The molecule has 0 spiro atoms. The van der Waals surface area contributed by atoms with Crippen molar-refractivity contribution < 1.29 is 41.7 Å². The Balaban J connectivity index is 1.79. The minimum absolute atomic E-state index is 0.0189. The third kappa shape index (κ3) is 8.43. The molecule has 1 fully saturated rings. The second-order valence-electron chi connectivity index (χ2n) is 11.5. The minimum Gasteiger partial charge on any atom is -0.497 e. The van der Waals surface area contributed by atoms with Crippen molar-refractivity contribution >= 4 is 27.5 Å². The molecule has 4 rings (SSSR count). The molecule has 1 saturated carbocycles. The van der Waals surface area contributed by atoms with Crippen LogP contribution in [0.4, 0.5) is 5.69 Å². The van der Waals surface area contributed by atoms with E-state index < -0.39 is 28.5 Å². The van der Waals surface area contributed by atoms with Crippen LogP contribution in [0.5, 0.6) is 28.7 Å². The molecule has 12 nitrogen and oxygen atoms in total. The van der Waals surface area contributed by atoms with Crippen molar-refractivity contribution in [3.05, 3.63) is 66.2 Å². The van der Waals surface area contributed by atoms with Crippen molar-refractivity contribution in [3.8, 4) is 28.7 Å². The smallest absolute Gasteiger partial charge is 0.265 e. The largest absolute Gasteiger partial charge is 0.497 e. The van der Waals surface area contributed by atoms with E-state index in [1.54, 1.807) is 44.4 Å². The lowest BCUT2D eigenvalue weighted by molar-refractivity contribution is -0.139. The molecule has 0 heterocycles. The van der Waals surface area contributed by atoms with E-state index in [1.807, 2.05) is 6.07 Å². The monoisotopic (exact) mass is 683 g/mol. The average Bonchev–Trinajstić information content (AvgIpc) is 3.12. The summed E-state index contributed by atoms with van der Waals surface area (Å²) in [6.45, 7) is 1.01. The predicted octanol–water partition coefficient (Wildman–Crippen LogP) is 4.79. The predicted molar refractivity (Wildman–Crippen MR) is 182 cm³/mol. The third-order valence-electron chi connectivity index (χ3n) is 8.48. The van der Waals surface area contributed by atoms with Crippen LogP contribution in [0, 0.1) is 0 Å². The normalized spacial score (nSPS) is 14.0. The van der Waals surface area contributed by atoms with E-state index in [9.17, 15) is 18.0 Å². The fourth-order valence-corrected chi connectivity index (χ4v) is 7.16. The summed E-state index contributed by atoms with van der Waals surface area (Å²) in [6.07, 6.45) is 4.92. The Morgan fingerprint density at radius 2 is 1.44 bits per heavy atom. The van der Waals surface area contributed by atoms with Crippen LogP contribution in [0.3, 0.4) is 0 Å². The van der Waals surface area contributed by atoms with Crippen molar-refractivity contribution in [1.29, 1.82) is 0 Å². The van der Waals surface area contributed by atoms with E-state index >= 15 is 0 Å². The summed E-state index contributed by atoms with van der Waals surface area (Å²) >= 11 is 0. The Hall–Kier alpha value is -4.65. The van der Waals surface area contributed by atoms with Gasteiger partial charge in [0.25, 0.3) is 10.0 Å². The van der Waals surface area contributed by atoms with Gasteiger partial charge < -0.3 is 33.9 Å². The molecule has 1 aliphatic rings. The quantitative estimate of drug-likeness (QED) is 0.240. The lowest BCUT2D eigenvalue weighted by Gasteiger charge is -2.33. The summed E-state index contributed by atoms with van der Waals surface area (Å²) in [5.74, 6) is 0.715. The van der Waals surface area contributed by atoms with Crippen LogP contribution in [-0.2, 0) is 26.2 Å². The molecular weight excluding hydrogens is 638 g/mol. The van der Waals surface area contributed by atoms with Crippen molar-refractivity contribution in [3.63, 3.8) is 0 Å². The second-order valence-corrected chi connectivity index (χ2v) is 13.3. The maximum Gasteiger partial charge on any atom is 0.265 e. The summed E-state index contributed by atoms with van der Waals surface area (Å²) in [7, 11) is 2.79. The van der Waals surface area contributed by atoms with Gasteiger partial charge in [-0.05, 0) is 61.7 Å². The average molecular weight is 684 g/mol. The van der Waals surface area contributed by atoms with Crippen LogP contribution in [0.15, 0.2) is 65.6 Å². The van der Waals surface area contributed by atoms with E-state index in [1.165, 1.54) is 57.6 Å². The van der Waals surface area contributed by atoms with Gasteiger partial charge in [-0.25, -0.2) is 8.42 Å². The molecule has 1 atom stereocenters. The summed E-state index contributed by atoms with van der Waals surface area (Å²) in [5, 5.41) is 3.11. The number of benzene rings is 3. The molecule has 0 bridgehead atoms. The third-order valence-corrected chi connectivity index (χ3v) is 10.2. The molecule has 0 unspecified atom stereocenters. The maximum atomic E-state index is 14.5. The highest BCUT2D eigenvalue weighted by atomic mass is 32.2. The molecule has 1 aliphatic carbocycles. The molecule has 0 radical (unpaired) electrons. The number of sulfonamides is 1. The topological polar surface area (TPSA) is 133 Å². The Labute approximate surface area is 282 Å². The number of nitrogens with zero attached hydrogens (tertiary/aromatic N) is 2. The Kier molecular flexibility index (Phi) is 12.4. The number of amides is 2. The van der Waals surface area contributed by atoms with Crippen molar-refractivity contribution in [2.75, 3.05) is 46.4 Å². The summed E-state index contributed by atoms with van der Waals surface area (Å²) in [5.41, 5.74) is 0.772. The Morgan fingerprint density at radius 1 is 0.792 bits per heavy atom. The van der Waals surface area contributed by atoms with E-state index in [0.717, 1.165) is 36.4 Å². The number of hydrogen-bond donors (Lipinski definition) is 1. The van der Waals surface area contributed by atoms with Crippen molar-refractivity contribution in [1.82, 2.24) is 10.2 Å². The van der Waals surface area contributed by atoms with Gasteiger partial charge in [0.2, 0.25) is 11.8 Å². The number of carbonyl (C=O) groups excluding carboxylic acids is 2. The van der Waals surface area contributed by atoms with E-state index in [0.29, 0.717) is 22.8 Å². The molecule has 3 aromatic carbocycles. The van der Waals surface area contributed by atoms with Gasteiger partial charge in [0.05, 0.1) is 46.1 Å². The first-order chi connectivity index (χ1) is 23.1. The first-order valence-electron chi connectivity index (χ1n) is 15.8. The molecule has 260 valence electrons. The first-order valence-corrected chi connectivity index (χ1v) is 17.2. The molecule has 0 aliphatic heterocycles. The lowest BCUT2D eigenvalue weighted by atomic mass is 9.95. The van der Waals surface area contributed by atoms with Crippen LogP contribution in [0.2, 0.25) is 0 Å². The molecule has 48 heavy (non-hydrogen) atoms. The number of ether oxygens (including phenoxy) is 5. The number of nitrogens with one attached hydrogen (secondary N) is 1. The van der Waals surface area contributed by atoms with Gasteiger partial charge >= 0.3 is 0 Å². The van der Waals surface area contributed by atoms with Crippen LogP contribution >= 0.6 is 0 Å². The molecule has 3 aromatic rings. The molecule has 0 saturated heterocycles. The van der Waals surface area contributed by atoms with Crippen LogP contribution in [0.1, 0.15) is 44.6 Å². The fraction of sp³-hybridized carbons (Fsp3) is 0.429. The van der Waals surface area contributed by atoms with Gasteiger partial charge in [0, 0.05) is 24.7 Å². The highest BCUT2D eigenvalue weighted by molar-refractivity contribution is 7.92. The van der Waals surface area contributed by atoms with E-state index in [2.05, 4.69) is 5.32 Å². The van der Waals surface area contributed by atoms with Gasteiger partial charge in [-0.3, -0.25) is 13.9 Å². The zero-order chi connectivity index (χ0) is 34.8. The summed E-state index contributed by atoms with van der Waals surface area (Å²) in [6, 6.07) is 15.1. The number of hydrogen-bond acceptors (Lipinski definition) is 9. The van der Waals surface area contributed by atoms with E-state index in [4.69, 9.17) is 23.7 Å². The van der Waals surface area contributed by atoms with Crippen LogP contribution in [0.25, 0.3) is 0 Å². The van der Waals surface area contributed by atoms with Gasteiger partial charge in [-0.1, -0.05) is 31.4 Å². The number of carbonyl (C=O) groups is 2. The van der Waals surface area contributed by atoms with E-state index in [-0.39, 0.29) is 40.6 Å². The molecule has 2 amide bonds. The number of rotatable bonds is 15. The standard InChI is InChI=1S/C35H45N3O9S/c1-24(35(40)36-26-12-8-7-9-13-26)37(22-25-11-10-14-27(19-25)43-2)34(39)23-38(30-20-28(44-3)15-17-31(30)45-4)48(41,42)29-16-18-32(46-5)33(21-29)47-6/h10-11,14-21,24,26H,7-9,12-13,22-23H2,1-6H3,(H,36,40)/t24-/m0/s1. The Bertz CT molecular complexity index is 1680. The lowest BCUT2D eigenvalue weighted by Crippen LogP contribution is -2.53. The van der Waals surface area contributed by atoms with Crippen molar-refractivity contribution in [2.24, 2.45) is 0 Å². The SMILES string of the molecule is COc1cccc(CN(C(=O)CN(c2cc(OC)ccc2OC)S(=O)(=O)c2ccc(OC)c(OC)c2)[C@@H](C)C(=O)NC2CCCCC2)c1. The van der Waals surface area contributed by atoms with Gasteiger partial charge in [0.15, 0.2) is 11.5 Å². The highest BCUT2D eigenvalue weighted by Gasteiger charge is 2.35. The first kappa shape index (κ1) is 36.2. The van der Waals surface area contributed by atoms with Crippen LogP contribution < -0.4 is 33.3 Å². The summed E-state index contributed by atoms with van der Waals surface area (Å²) < 4.78 is 57.0. The molecule has 1 N–H and O–H groups in total. The van der Waals surface area contributed by atoms with Gasteiger partial charge in [-0.15, -0.1) is 0 Å². The highest BCUT2D eigenvalue weighted by Crippen LogP contribution is 2.38. The maximum absolute atomic E-state index is 14.5. The molecule has 13 heteroatoms. The van der Waals surface area contributed by atoms with Gasteiger partial charge in [-0.2, -0.15) is 0 Å². The summed E-state index contributed by atoms with van der Waals surface area (Å²) in [4.78, 5) is 29.3. The minimum atomic E-state index is -4.46.